The van der Waals surface area contributed by atoms with Gasteiger partial charge in [0.2, 0.25) is 5.91 Å². The topological polar surface area (TPSA) is 75.2 Å². The van der Waals surface area contributed by atoms with Gasteiger partial charge in [-0.1, -0.05) is 29.2 Å². The zero-order valence-electron chi connectivity index (χ0n) is 12.5. The Morgan fingerprint density at radius 3 is 2.77 bits per heavy atom. The van der Waals surface area contributed by atoms with Crippen molar-refractivity contribution in [1.82, 2.24) is 14.9 Å². The predicted molar refractivity (Wildman–Crippen MR) is 88.5 cm³/mol. The molecule has 2 aromatic heterocycles. The zero-order chi connectivity index (χ0) is 16.1. The smallest absolute Gasteiger partial charge is 0.265 e. The number of nitrogens with zero attached hydrogens (tertiary/aromatic N) is 3. The van der Waals surface area contributed by atoms with Gasteiger partial charge in [-0.05, 0) is 19.1 Å². The van der Waals surface area contributed by atoms with Gasteiger partial charge in [0, 0.05) is 20.3 Å². The van der Waals surface area contributed by atoms with E-state index < -0.39 is 0 Å². The van der Waals surface area contributed by atoms with Gasteiger partial charge in [-0.15, -0.1) is 0 Å². The van der Waals surface area contributed by atoms with Crippen LogP contribution in [0.25, 0.3) is 0 Å². The highest BCUT2D eigenvalue weighted by molar-refractivity contribution is 7.99. The molecule has 6 nitrogen and oxygen atoms in total. The van der Waals surface area contributed by atoms with Gasteiger partial charge in [-0.3, -0.25) is 9.59 Å². The number of amides is 2. The maximum atomic E-state index is 11.9. The first kappa shape index (κ1) is 16.4. The lowest BCUT2D eigenvalue weighted by Gasteiger charge is -2.07. The summed E-state index contributed by atoms with van der Waals surface area (Å²) in [6.07, 6.45) is 1.68. The molecular weight excluding hydrogens is 320 g/mol. The third kappa shape index (κ3) is 4.28. The zero-order valence-corrected chi connectivity index (χ0v) is 14.1. The Labute approximate surface area is 137 Å². The van der Waals surface area contributed by atoms with Crippen LogP contribution in [0.5, 0.6) is 0 Å². The maximum absolute atomic E-state index is 11.9. The molecule has 0 bridgehead atoms. The molecule has 0 aliphatic rings. The first-order valence-corrected chi connectivity index (χ1v) is 8.30. The Balaban J connectivity index is 1.95. The molecule has 0 radical (unpaired) electrons. The van der Waals surface area contributed by atoms with Crippen LogP contribution in [0.15, 0.2) is 29.4 Å². The van der Waals surface area contributed by atoms with E-state index in [1.807, 2.05) is 18.2 Å². The van der Waals surface area contributed by atoms with Crippen molar-refractivity contribution in [2.45, 2.75) is 11.9 Å². The van der Waals surface area contributed by atoms with Crippen LogP contribution in [0.1, 0.15) is 15.4 Å². The van der Waals surface area contributed by atoms with Crippen molar-refractivity contribution in [2.75, 3.05) is 25.2 Å². The van der Waals surface area contributed by atoms with Crippen LogP contribution >= 0.6 is 23.1 Å². The summed E-state index contributed by atoms with van der Waals surface area (Å²) in [6, 6.07) is 5.54. The van der Waals surface area contributed by atoms with Crippen LogP contribution in [0.4, 0.5) is 5.13 Å². The van der Waals surface area contributed by atoms with Crippen LogP contribution in [0, 0.1) is 6.92 Å². The minimum absolute atomic E-state index is 0.113. The van der Waals surface area contributed by atoms with Crippen LogP contribution in [-0.2, 0) is 4.79 Å². The number of carbonyl (C=O) groups is 2. The first-order chi connectivity index (χ1) is 10.5. The molecule has 2 heterocycles. The van der Waals surface area contributed by atoms with Crippen molar-refractivity contribution in [2.24, 2.45) is 0 Å². The molecule has 1 N–H and O–H groups in total. The molecule has 0 atom stereocenters. The van der Waals surface area contributed by atoms with E-state index in [0.717, 1.165) is 5.03 Å². The number of hydrogen-bond acceptors (Lipinski definition) is 6. The molecule has 0 spiro atoms. The van der Waals surface area contributed by atoms with Crippen molar-refractivity contribution in [3.63, 3.8) is 0 Å². The molecule has 0 saturated heterocycles. The predicted octanol–water partition coefficient (Wildman–Crippen LogP) is 2.28. The van der Waals surface area contributed by atoms with Gasteiger partial charge in [0.05, 0.1) is 16.5 Å². The molecule has 0 saturated carbocycles. The molecule has 2 rings (SSSR count). The fourth-order valence-corrected chi connectivity index (χ4v) is 3.24. The average molecular weight is 336 g/mol. The average Bonchev–Trinajstić information content (AvgIpc) is 2.85. The molecule has 0 aliphatic heterocycles. The Kier molecular flexibility index (Phi) is 5.51. The van der Waals surface area contributed by atoms with Gasteiger partial charge in [0.15, 0.2) is 5.13 Å². The summed E-state index contributed by atoms with van der Waals surface area (Å²) >= 11 is 2.54. The molecular formula is C14H16N4O2S2. The number of anilines is 1. The molecule has 2 amide bonds. The number of aryl methyl sites for hydroxylation is 1. The normalized spacial score (nSPS) is 10.3. The number of hydrogen-bond donors (Lipinski definition) is 1. The van der Waals surface area contributed by atoms with E-state index in [1.54, 1.807) is 27.2 Å². The SMILES string of the molecule is Cc1nc(NC(=O)CSc2ccccn2)sc1C(=O)N(C)C. The minimum Gasteiger partial charge on any atom is -0.344 e. The van der Waals surface area contributed by atoms with Crippen LogP contribution in [0.2, 0.25) is 0 Å². The highest BCUT2D eigenvalue weighted by atomic mass is 32.2. The van der Waals surface area contributed by atoms with Gasteiger partial charge >= 0.3 is 0 Å². The second kappa shape index (κ2) is 7.37. The van der Waals surface area contributed by atoms with E-state index in [2.05, 4.69) is 15.3 Å². The van der Waals surface area contributed by atoms with Crippen LogP contribution < -0.4 is 5.32 Å². The number of thioether (sulfide) groups is 1. The summed E-state index contributed by atoms with van der Waals surface area (Å²) in [5, 5.41) is 3.94. The van der Waals surface area contributed by atoms with Gasteiger partial charge in [-0.25, -0.2) is 9.97 Å². The first-order valence-electron chi connectivity index (χ1n) is 6.50. The lowest BCUT2D eigenvalue weighted by atomic mass is 10.3. The highest BCUT2D eigenvalue weighted by Gasteiger charge is 2.17. The summed E-state index contributed by atoms with van der Waals surface area (Å²) in [4.78, 5) is 34.3. The number of aromatic nitrogens is 2. The van der Waals surface area contributed by atoms with Crippen molar-refractivity contribution in [3.05, 3.63) is 35.0 Å². The summed E-state index contributed by atoms with van der Waals surface area (Å²) in [6.45, 7) is 1.76. The van der Waals surface area contributed by atoms with Crippen molar-refractivity contribution in [1.29, 1.82) is 0 Å². The number of nitrogens with one attached hydrogen (secondary N) is 1. The third-order valence-corrected chi connectivity index (χ3v) is 4.64. The maximum Gasteiger partial charge on any atom is 0.265 e. The van der Waals surface area contributed by atoms with E-state index in [4.69, 9.17) is 0 Å². The van der Waals surface area contributed by atoms with Gasteiger partial charge in [0.1, 0.15) is 4.88 Å². The largest absolute Gasteiger partial charge is 0.344 e. The fraction of sp³-hybridized carbons (Fsp3) is 0.286. The van der Waals surface area contributed by atoms with E-state index in [1.165, 1.54) is 28.0 Å². The van der Waals surface area contributed by atoms with E-state index in [0.29, 0.717) is 15.7 Å². The lowest BCUT2D eigenvalue weighted by molar-refractivity contribution is -0.113. The highest BCUT2D eigenvalue weighted by Crippen LogP contribution is 2.24. The molecule has 0 unspecified atom stereocenters. The second-order valence-corrected chi connectivity index (χ2v) is 6.63. The van der Waals surface area contributed by atoms with Crippen molar-refractivity contribution < 1.29 is 9.59 Å². The molecule has 0 fully saturated rings. The summed E-state index contributed by atoms with van der Waals surface area (Å²) in [7, 11) is 3.37. The Morgan fingerprint density at radius 1 is 1.36 bits per heavy atom. The number of rotatable bonds is 5. The van der Waals surface area contributed by atoms with Crippen molar-refractivity contribution in [3.8, 4) is 0 Å². The van der Waals surface area contributed by atoms with Gasteiger partial charge in [0.25, 0.3) is 5.91 Å². The summed E-state index contributed by atoms with van der Waals surface area (Å²) in [5.74, 6) is -0.0429. The van der Waals surface area contributed by atoms with E-state index in [9.17, 15) is 9.59 Å². The fourth-order valence-electron chi connectivity index (χ4n) is 1.58. The standard InChI is InChI=1S/C14H16N4O2S2/c1-9-12(13(20)18(2)3)22-14(16-9)17-10(19)8-21-11-6-4-5-7-15-11/h4-7H,8H2,1-3H3,(H,16,17,19). The lowest BCUT2D eigenvalue weighted by Crippen LogP contribution is -2.21. The number of pyridine rings is 1. The Morgan fingerprint density at radius 2 is 2.14 bits per heavy atom. The molecule has 22 heavy (non-hydrogen) atoms. The number of thiazole rings is 1. The van der Waals surface area contributed by atoms with E-state index in [-0.39, 0.29) is 17.6 Å². The van der Waals surface area contributed by atoms with Crippen molar-refractivity contribution >= 4 is 40.0 Å². The van der Waals surface area contributed by atoms with E-state index >= 15 is 0 Å². The summed E-state index contributed by atoms with van der Waals surface area (Å²) < 4.78 is 0. The molecule has 116 valence electrons. The van der Waals surface area contributed by atoms with Crippen LogP contribution in [0.3, 0.4) is 0 Å². The minimum atomic E-state index is -0.173. The number of carbonyl (C=O) groups excluding carboxylic acids is 2. The van der Waals surface area contributed by atoms with Gasteiger partial charge < -0.3 is 10.2 Å². The molecule has 8 heteroatoms. The second-order valence-electron chi connectivity index (χ2n) is 4.64. The quantitative estimate of drug-likeness (QED) is 0.848. The summed E-state index contributed by atoms with van der Waals surface area (Å²) in [5.41, 5.74) is 0.622. The third-order valence-electron chi connectivity index (χ3n) is 2.63. The molecule has 2 aromatic rings. The molecule has 0 aromatic carbocycles. The Bertz CT molecular complexity index is 671. The molecule has 0 aliphatic carbocycles. The Hall–Kier alpha value is -1.93. The van der Waals surface area contributed by atoms with Crippen LogP contribution in [-0.4, -0.2) is 46.5 Å². The monoisotopic (exact) mass is 336 g/mol. The van der Waals surface area contributed by atoms with Gasteiger partial charge in [-0.2, -0.15) is 0 Å².